The van der Waals surface area contributed by atoms with Crippen molar-refractivity contribution in [3.05, 3.63) is 52.2 Å². The van der Waals surface area contributed by atoms with Crippen molar-refractivity contribution in [2.75, 3.05) is 13.2 Å². The maximum absolute atomic E-state index is 12.7. The highest BCUT2D eigenvalue weighted by molar-refractivity contribution is 5.95. The quantitative estimate of drug-likeness (QED) is 0.411. The maximum Gasteiger partial charge on any atom is 0.335 e. The van der Waals surface area contributed by atoms with Gasteiger partial charge in [0, 0.05) is 13.3 Å². The molecular weight excluding hydrogens is 340 g/mol. The van der Waals surface area contributed by atoms with Crippen LogP contribution in [0.4, 0.5) is 0 Å². The van der Waals surface area contributed by atoms with Gasteiger partial charge in [0.05, 0.1) is 29.5 Å². The molecule has 0 atom stereocenters. The summed E-state index contributed by atoms with van der Waals surface area (Å²) in [4.78, 5) is 34.4. The van der Waals surface area contributed by atoms with Crippen molar-refractivity contribution in [1.82, 2.24) is 0 Å². The average molecular weight is 356 g/mol. The predicted octanol–water partition coefficient (Wildman–Crippen LogP) is 2.98. The number of carbonyl (C=O) groups is 2. The Balaban J connectivity index is 1.87. The highest BCUT2D eigenvalue weighted by Gasteiger charge is 2.11. The molecule has 0 bridgehead atoms. The molecular formula is C19H16O7. The van der Waals surface area contributed by atoms with Gasteiger partial charge in [0.15, 0.2) is 0 Å². The summed E-state index contributed by atoms with van der Waals surface area (Å²) in [5.74, 6) is -0.937. The Morgan fingerprint density at radius 3 is 2.58 bits per heavy atom. The van der Waals surface area contributed by atoms with Crippen LogP contribution < -0.4 is 10.2 Å². The molecule has 0 fully saturated rings. The van der Waals surface area contributed by atoms with E-state index in [1.54, 1.807) is 18.2 Å². The van der Waals surface area contributed by atoms with Crippen LogP contribution in [0.3, 0.4) is 0 Å². The minimum absolute atomic E-state index is 0.0488. The number of carbonyl (C=O) groups excluding carboxylic acids is 1. The minimum Gasteiger partial charge on any atom is -0.493 e. The zero-order valence-corrected chi connectivity index (χ0v) is 14.0. The number of rotatable bonds is 6. The molecule has 0 unspecified atom stereocenters. The fourth-order valence-corrected chi connectivity index (χ4v) is 2.52. The summed E-state index contributed by atoms with van der Waals surface area (Å²) in [5.41, 5.74) is 0.353. The summed E-state index contributed by atoms with van der Waals surface area (Å²) in [6.45, 7) is 1.94. The number of carboxylic acid groups (broad SMARTS) is 1. The minimum atomic E-state index is -1.09. The maximum atomic E-state index is 12.7. The van der Waals surface area contributed by atoms with Crippen molar-refractivity contribution in [3.63, 3.8) is 0 Å². The number of benzene rings is 2. The lowest BCUT2D eigenvalue weighted by Crippen LogP contribution is -2.07. The van der Waals surface area contributed by atoms with E-state index in [0.29, 0.717) is 35.1 Å². The lowest BCUT2D eigenvalue weighted by molar-refractivity contribution is -0.141. The van der Waals surface area contributed by atoms with Crippen LogP contribution in [0.25, 0.3) is 21.9 Å². The first-order chi connectivity index (χ1) is 12.5. The third-order valence-corrected chi connectivity index (χ3v) is 3.75. The second kappa shape index (κ2) is 7.26. The van der Waals surface area contributed by atoms with Gasteiger partial charge >= 0.3 is 11.9 Å². The third kappa shape index (κ3) is 3.66. The Kier molecular flexibility index (Phi) is 4.88. The molecule has 7 heteroatoms. The van der Waals surface area contributed by atoms with Crippen LogP contribution in [0.2, 0.25) is 0 Å². The molecule has 26 heavy (non-hydrogen) atoms. The standard InChI is InChI=1S/C19H16O7/c1-11(20)24-7-2-8-25-13-4-6-16-15(10-13)18(21)14-5-3-12(19(22)23)9-17(14)26-16/h3-6,9-10H,2,7-8H2,1H3,(H,22,23). The van der Waals surface area contributed by atoms with Crippen molar-refractivity contribution < 1.29 is 28.6 Å². The van der Waals surface area contributed by atoms with Crippen LogP contribution in [0.1, 0.15) is 23.7 Å². The number of esters is 1. The average Bonchev–Trinajstić information content (AvgIpc) is 2.61. The van der Waals surface area contributed by atoms with Crippen LogP contribution in [0.15, 0.2) is 45.6 Å². The molecule has 0 aliphatic carbocycles. The first-order valence-electron chi connectivity index (χ1n) is 7.96. The molecule has 1 N–H and O–H groups in total. The summed E-state index contributed by atoms with van der Waals surface area (Å²) >= 11 is 0. The number of hydrogen-bond acceptors (Lipinski definition) is 6. The molecule has 0 saturated carbocycles. The largest absolute Gasteiger partial charge is 0.493 e. The lowest BCUT2D eigenvalue weighted by atomic mass is 10.1. The normalized spacial score (nSPS) is 10.8. The van der Waals surface area contributed by atoms with E-state index < -0.39 is 5.97 Å². The molecule has 0 amide bonds. The predicted molar refractivity (Wildman–Crippen MR) is 93.7 cm³/mol. The van der Waals surface area contributed by atoms with Gasteiger partial charge in [-0.15, -0.1) is 0 Å². The number of aromatic carboxylic acids is 1. The Morgan fingerprint density at radius 2 is 1.85 bits per heavy atom. The van der Waals surface area contributed by atoms with E-state index in [0.717, 1.165) is 0 Å². The molecule has 1 aromatic heterocycles. The van der Waals surface area contributed by atoms with Crippen molar-refractivity contribution in [2.45, 2.75) is 13.3 Å². The number of ether oxygens (including phenoxy) is 2. The van der Waals surface area contributed by atoms with Crippen LogP contribution >= 0.6 is 0 Å². The van der Waals surface area contributed by atoms with Gasteiger partial charge in [0.2, 0.25) is 5.43 Å². The van der Waals surface area contributed by atoms with Crippen molar-refractivity contribution >= 4 is 33.9 Å². The Labute approximate surface area is 147 Å². The molecule has 0 saturated heterocycles. The van der Waals surface area contributed by atoms with Gasteiger partial charge in [0.1, 0.15) is 16.9 Å². The summed E-state index contributed by atoms with van der Waals surface area (Å²) in [7, 11) is 0. The van der Waals surface area contributed by atoms with Gasteiger partial charge in [-0.3, -0.25) is 9.59 Å². The summed E-state index contributed by atoms with van der Waals surface area (Å²) in [6, 6.07) is 8.98. The smallest absolute Gasteiger partial charge is 0.335 e. The van der Waals surface area contributed by atoms with Crippen molar-refractivity contribution in [1.29, 1.82) is 0 Å². The van der Waals surface area contributed by atoms with Crippen LogP contribution in [-0.4, -0.2) is 30.3 Å². The van der Waals surface area contributed by atoms with Crippen LogP contribution in [0.5, 0.6) is 5.75 Å². The van der Waals surface area contributed by atoms with Crippen molar-refractivity contribution in [2.24, 2.45) is 0 Å². The van der Waals surface area contributed by atoms with Crippen LogP contribution in [0, 0.1) is 0 Å². The van der Waals surface area contributed by atoms with Gasteiger partial charge in [0.25, 0.3) is 0 Å². The fraction of sp³-hybridized carbons (Fsp3) is 0.211. The van der Waals surface area contributed by atoms with Gasteiger partial charge in [-0.2, -0.15) is 0 Å². The van der Waals surface area contributed by atoms with Gasteiger partial charge in [-0.25, -0.2) is 4.79 Å². The highest BCUT2D eigenvalue weighted by Crippen LogP contribution is 2.23. The molecule has 3 aromatic rings. The van der Waals surface area contributed by atoms with E-state index in [1.807, 2.05) is 0 Å². The zero-order chi connectivity index (χ0) is 18.7. The van der Waals surface area contributed by atoms with E-state index in [-0.39, 0.29) is 29.2 Å². The number of fused-ring (bicyclic) bond motifs is 2. The fourth-order valence-electron chi connectivity index (χ4n) is 2.52. The second-order valence-corrected chi connectivity index (χ2v) is 5.65. The molecule has 0 radical (unpaired) electrons. The van der Waals surface area contributed by atoms with E-state index >= 15 is 0 Å². The van der Waals surface area contributed by atoms with Gasteiger partial charge in [-0.1, -0.05) is 0 Å². The third-order valence-electron chi connectivity index (χ3n) is 3.75. The molecule has 2 aromatic carbocycles. The Morgan fingerprint density at radius 1 is 1.04 bits per heavy atom. The summed E-state index contributed by atoms with van der Waals surface area (Å²) < 4.78 is 16.0. The Hall–Kier alpha value is -3.35. The van der Waals surface area contributed by atoms with Gasteiger partial charge < -0.3 is 19.0 Å². The lowest BCUT2D eigenvalue weighted by Gasteiger charge is -2.08. The summed E-state index contributed by atoms with van der Waals surface area (Å²) in [6.07, 6.45) is 0.530. The molecule has 134 valence electrons. The second-order valence-electron chi connectivity index (χ2n) is 5.65. The topological polar surface area (TPSA) is 103 Å². The highest BCUT2D eigenvalue weighted by atomic mass is 16.5. The van der Waals surface area contributed by atoms with E-state index in [4.69, 9.17) is 19.0 Å². The first kappa shape index (κ1) is 17.5. The number of hydrogen-bond donors (Lipinski definition) is 1. The molecule has 1 heterocycles. The first-order valence-corrected chi connectivity index (χ1v) is 7.96. The molecule has 7 nitrogen and oxygen atoms in total. The Bertz CT molecular complexity index is 1050. The summed E-state index contributed by atoms with van der Waals surface area (Å²) in [5, 5.41) is 9.70. The molecule has 0 aliphatic rings. The van der Waals surface area contributed by atoms with E-state index in [2.05, 4.69) is 0 Å². The number of carboxylic acids is 1. The zero-order valence-electron chi connectivity index (χ0n) is 14.0. The van der Waals surface area contributed by atoms with E-state index in [1.165, 1.54) is 25.1 Å². The van der Waals surface area contributed by atoms with E-state index in [9.17, 15) is 14.4 Å². The van der Waals surface area contributed by atoms with Crippen molar-refractivity contribution in [3.8, 4) is 5.75 Å². The molecule has 3 rings (SSSR count). The monoisotopic (exact) mass is 356 g/mol. The molecule has 0 aliphatic heterocycles. The molecule has 0 spiro atoms. The SMILES string of the molecule is CC(=O)OCCCOc1ccc2oc3cc(C(=O)O)ccc3c(=O)c2c1. The van der Waals surface area contributed by atoms with Crippen LogP contribution in [-0.2, 0) is 9.53 Å². The van der Waals surface area contributed by atoms with Gasteiger partial charge in [-0.05, 0) is 36.4 Å².